The Morgan fingerprint density at radius 1 is 1.40 bits per heavy atom. The van der Waals surface area contributed by atoms with Crippen LogP contribution in [0.25, 0.3) is 10.8 Å². The first-order valence-corrected chi connectivity index (χ1v) is 7.68. The van der Waals surface area contributed by atoms with E-state index in [0.717, 1.165) is 26.6 Å². The van der Waals surface area contributed by atoms with Gasteiger partial charge in [0.1, 0.15) is 11.6 Å². The number of methoxy groups -OCH3 is 1. The second-order valence-corrected chi connectivity index (χ2v) is 5.85. The van der Waals surface area contributed by atoms with Gasteiger partial charge in [0.05, 0.1) is 11.6 Å². The molecule has 5 nitrogen and oxygen atoms in total. The van der Waals surface area contributed by atoms with Crippen LogP contribution >= 0.6 is 15.9 Å². The van der Waals surface area contributed by atoms with Gasteiger partial charge in [-0.1, -0.05) is 24.3 Å². The van der Waals surface area contributed by atoms with E-state index in [1.807, 2.05) is 30.3 Å². The molecular formula is C13H11BrN2O3S. The van der Waals surface area contributed by atoms with Gasteiger partial charge in [-0.3, -0.25) is 0 Å². The van der Waals surface area contributed by atoms with E-state index in [9.17, 15) is 4.21 Å². The molecule has 0 spiro atoms. The summed E-state index contributed by atoms with van der Waals surface area (Å²) in [5.41, 5.74) is 3.61. The van der Waals surface area contributed by atoms with E-state index >= 15 is 0 Å². The molecule has 1 unspecified atom stereocenters. The summed E-state index contributed by atoms with van der Waals surface area (Å²) in [4.78, 5) is 0. The van der Waals surface area contributed by atoms with Crippen molar-refractivity contribution in [2.75, 3.05) is 7.11 Å². The largest absolute Gasteiger partial charge is 0.495 e. The third-order valence-corrected chi connectivity index (χ3v) is 4.20. The quantitative estimate of drug-likeness (QED) is 0.920. The predicted molar refractivity (Wildman–Crippen MR) is 81.7 cm³/mol. The molecule has 1 N–H and O–H groups in total. The van der Waals surface area contributed by atoms with E-state index in [-0.39, 0.29) is 0 Å². The van der Waals surface area contributed by atoms with Crippen LogP contribution < -0.4 is 10.2 Å². The number of hydrogen-bond donors (Lipinski definition) is 1. The zero-order chi connectivity index (χ0) is 14.1. The summed E-state index contributed by atoms with van der Waals surface area (Å²) in [5, 5.41) is 2.08. The summed E-state index contributed by atoms with van der Waals surface area (Å²) < 4.78 is 26.0. The lowest BCUT2D eigenvalue weighted by molar-refractivity contribution is 0.303. The lowest BCUT2D eigenvalue weighted by Crippen LogP contribution is -2.19. The summed E-state index contributed by atoms with van der Waals surface area (Å²) in [6, 6.07) is 9.93. The molecule has 1 atom stereocenters. The highest BCUT2D eigenvalue weighted by atomic mass is 79.9. The topological polar surface area (TPSA) is 59.9 Å². The second-order valence-electron chi connectivity index (χ2n) is 4.21. The molecule has 0 saturated carbocycles. The molecule has 104 valence electrons. The highest BCUT2D eigenvalue weighted by molar-refractivity contribution is 9.10. The van der Waals surface area contributed by atoms with Crippen molar-refractivity contribution < 1.29 is 13.2 Å². The van der Waals surface area contributed by atoms with Crippen LogP contribution in [0, 0.1) is 0 Å². The first-order valence-electron chi connectivity index (χ1n) is 5.86. The molecule has 0 radical (unpaired) electrons. The van der Waals surface area contributed by atoms with E-state index in [4.69, 9.17) is 9.02 Å². The molecular weight excluding hydrogens is 344 g/mol. The molecule has 2 aromatic carbocycles. The zero-order valence-corrected chi connectivity index (χ0v) is 13.0. The Balaban J connectivity index is 2.11. The molecule has 7 heteroatoms. The SMILES string of the molecule is COc1c(Br)cc(CC2=NS(=O)ON2)c2ccccc12. The fourth-order valence-electron chi connectivity index (χ4n) is 2.20. The summed E-state index contributed by atoms with van der Waals surface area (Å²) in [6.45, 7) is 0. The standard InChI is InChI=1S/C13H11BrN2O3S/c1-18-13-10-5-3-2-4-9(10)8(6-11(13)14)7-12-15-19-20(17)16-12/h2-6H,7H2,1H3,(H,15,16). The molecule has 0 saturated heterocycles. The van der Waals surface area contributed by atoms with Gasteiger partial charge in [-0.2, -0.15) is 4.28 Å². The highest BCUT2D eigenvalue weighted by Crippen LogP contribution is 2.36. The van der Waals surface area contributed by atoms with Crippen LogP contribution in [0.4, 0.5) is 0 Å². The minimum absolute atomic E-state index is 0.509. The van der Waals surface area contributed by atoms with Crippen LogP contribution in [0.2, 0.25) is 0 Å². The molecule has 0 amide bonds. The van der Waals surface area contributed by atoms with Crippen LogP contribution in [-0.2, 0) is 22.0 Å². The maximum absolute atomic E-state index is 11.1. The Morgan fingerprint density at radius 2 is 2.15 bits per heavy atom. The lowest BCUT2D eigenvalue weighted by atomic mass is 10.0. The average molecular weight is 355 g/mol. The molecule has 0 bridgehead atoms. The Morgan fingerprint density at radius 3 is 2.80 bits per heavy atom. The number of amidine groups is 1. The van der Waals surface area contributed by atoms with Gasteiger partial charge in [-0.05, 0) is 32.9 Å². The van der Waals surface area contributed by atoms with Crippen LogP contribution in [-0.4, -0.2) is 17.2 Å². The maximum Gasteiger partial charge on any atom is 0.309 e. The van der Waals surface area contributed by atoms with E-state index in [0.29, 0.717) is 12.3 Å². The van der Waals surface area contributed by atoms with Crippen molar-refractivity contribution in [2.24, 2.45) is 4.40 Å². The molecule has 1 aliphatic heterocycles. The number of nitrogens with zero attached hydrogens (tertiary/aromatic N) is 1. The third-order valence-electron chi connectivity index (χ3n) is 3.01. The van der Waals surface area contributed by atoms with Gasteiger partial charge < -0.3 is 4.74 Å². The number of hydroxylamine groups is 1. The summed E-state index contributed by atoms with van der Waals surface area (Å²) in [5.74, 6) is 1.34. The van der Waals surface area contributed by atoms with Gasteiger partial charge in [0.2, 0.25) is 0 Å². The fourth-order valence-corrected chi connectivity index (χ4v) is 3.34. The summed E-state index contributed by atoms with van der Waals surface area (Å²) in [7, 11) is 1.64. The van der Waals surface area contributed by atoms with E-state index in [1.54, 1.807) is 7.11 Å². The van der Waals surface area contributed by atoms with Gasteiger partial charge in [0.25, 0.3) is 0 Å². The van der Waals surface area contributed by atoms with E-state index in [1.165, 1.54) is 0 Å². The molecule has 0 aliphatic carbocycles. The minimum Gasteiger partial charge on any atom is -0.495 e. The van der Waals surface area contributed by atoms with Crippen LogP contribution in [0.3, 0.4) is 0 Å². The van der Waals surface area contributed by atoms with Crippen LogP contribution in [0.5, 0.6) is 5.75 Å². The molecule has 2 aromatic rings. The smallest absolute Gasteiger partial charge is 0.309 e. The second kappa shape index (κ2) is 5.51. The first-order chi connectivity index (χ1) is 9.69. The Labute approximate surface area is 126 Å². The molecule has 1 aliphatic rings. The Bertz CT molecular complexity index is 733. The Kier molecular flexibility index (Phi) is 3.73. The fraction of sp³-hybridized carbons (Fsp3) is 0.154. The van der Waals surface area contributed by atoms with E-state index < -0.39 is 11.3 Å². The highest BCUT2D eigenvalue weighted by Gasteiger charge is 2.17. The van der Waals surface area contributed by atoms with Crippen molar-refractivity contribution in [1.29, 1.82) is 0 Å². The number of benzene rings is 2. The minimum atomic E-state index is -1.63. The monoisotopic (exact) mass is 354 g/mol. The summed E-state index contributed by atoms with van der Waals surface area (Å²) in [6.07, 6.45) is 0.509. The normalized spacial score (nSPS) is 17.9. The van der Waals surface area contributed by atoms with Crippen LogP contribution in [0.1, 0.15) is 5.56 Å². The zero-order valence-electron chi connectivity index (χ0n) is 10.6. The number of hydrogen-bond acceptors (Lipinski definition) is 4. The van der Waals surface area contributed by atoms with Crippen molar-refractivity contribution in [3.63, 3.8) is 0 Å². The first kappa shape index (κ1) is 13.5. The van der Waals surface area contributed by atoms with Gasteiger partial charge in [-0.15, -0.1) is 4.40 Å². The lowest BCUT2D eigenvalue weighted by Gasteiger charge is -2.12. The van der Waals surface area contributed by atoms with Gasteiger partial charge in [0, 0.05) is 11.8 Å². The molecule has 0 fully saturated rings. The third kappa shape index (κ3) is 2.44. The van der Waals surface area contributed by atoms with Gasteiger partial charge >= 0.3 is 11.3 Å². The number of ether oxygens (including phenoxy) is 1. The van der Waals surface area contributed by atoms with Crippen molar-refractivity contribution in [2.45, 2.75) is 6.42 Å². The maximum atomic E-state index is 11.1. The number of halogens is 1. The van der Waals surface area contributed by atoms with Crippen molar-refractivity contribution in [3.05, 3.63) is 40.4 Å². The molecule has 0 aromatic heterocycles. The summed E-state index contributed by atoms with van der Waals surface area (Å²) >= 11 is 1.88. The van der Waals surface area contributed by atoms with Crippen molar-refractivity contribution in [1.82, 2.24) is 5.48 Å². The number of fused-ring (bicyclic) bond motifs is 1. The van der Waals surface area contributed by atoms with Crippen LogP contribution in [0.15, 0.2) is 39.2 Å². The molecule has 1 heterocycles. The molecule has 3 rings (SSSR count). The van der Waals surface area contributed by atoms with E-state index in [2.05, 4.69) is 25.8 Å². The van der Waals surface area contributed by atoms with Gasteiger partial charge in [-0.25, -0.2) is 9.69 Å². The predicted octanol–water partition coefficient (Wildman–Crippen LogP) is 2.67. The molecule has 20 heavy (non-hydrogen) atoms. The van der Waals surface area contributed by atoms with Crippen molar-refractivity contribution in [3.8, 4) is 5.75 Å². The number of rotatable bonds is 3. The van der Waals surface area contributed by atoms with Crippen molar-refractivity contribution >= 4 is 43.8 Å². The average Bonchev–Trinajstić information content (AvgIpc) is 2.84. The number of nitrogens with one attached hydrogen (secondary N) is 1. The Hall–Kier alpha value is -1.44. The van der Waals surface area contributed by atoms with Gasteiger partial charge in [0.15, 0.2) is 0 Å².